The van der Waals surface area contributed by atoms with E-state index in [0.29, 0.717) is 5.56 Å². The van der Waals surface area contributed by atoms with Crippen molar-refractivity contribution in [1.29, 1.82) is 0 Å². The highest BCUT2D eigenvalue weighted by atomic mass is 16.3. The van der Waals surface area contributed by atoms with E-state index in [1.165, 1.54) is 6.42 Å². The summed E-state index contributed by atoms with van der Waals surface area (Å²) in [6.45, 7) is 0.264. The van der Waals surface area contributed by atoms with Crippen molar-refractivity contribution in [3.63, 3.8) is 0 Å². The van der Waals surface area contributed by atoms with Gasteiger partial charge in [-0.25, -0.2) is 0 Å². The van der Waals surface area contributed by atoms with Crippen LogP contribution in [0, 0.1) is 0 Å². The summed E-state index contributed by atoms with van der Waals surface area (Å²) >= 11 is 0. The van der Waals surface area contributed by atoms with Crippen LogP contribution in [-0.2, 0) is 0 Å². The highest BCUT2D eigenvalue weighted by Gasteiger charge is 2.25. The fraction of sp³-hybridized carbons (Fsp3) is 0.529. The molecule has 1 aliphatic carbocycles. The zero-order chi connectivity index (χ0) is 15.3. The maximum atomic E-state index is 10.5. The van der Waals surface area contributed by atoms with Crippen molar-refractivity contribution in [2.24, 2.45) is 5.73 Å². The Labute approximate surface area is 122 Å². The molecule has 1 fully saturated rings. The molecule has 0 spiro atoms. The van der Waals surface area contributed by atoms with Crippen molar-refractivity contribution in [3.05, 3.63) is 41.5 Å². The van der Waals surface area contributed by atoms with Crippen molar-refractivity contribution in [1.82, 2.24) is 0 Å². The van der Waals surface area contributed by atoms with Crippen molar-refractivity contribution in [2.45, 2.75) is 50.2 Å². The van der Waals surface area contributed by atoms with Crippen LogP contribution in [0.25, 0.3) is 6.08 Å². The Balaban J connectivity index is 2.14. The molecule has 1 atom stereocenters. The number of benzene rings is 1. The van der Waals surface area contributed by atoms with Gasteiger partial charge in [-0.2, -0.15) is 0 Å². The molecule has 1 saturated carbocycles. The van der Waals surface area contributed by atoms with E-state index in [2.05, 4.69) is 0 Å². The molecule has 3 nitrogen and oxygen atoms in total. The second-order valence-electron chi connectivity index (χ2n) is 5.61. The van der Waals surface area contributed by atoms with Gasteiger partial charge in [-0.05, 0) is 43.0 Å². The maximum absolute atomic E-state index is 10.5. The second kappa shape index (κ2) is 7.02. The average molecular weight is 276 g/mol. The van der Waals surface area contributed by atoms with Gasteiger partial charge in [-0.15, -0.1) is 0 Å². The normalized spacial score (nSPS) is 22.4. The van der Waals surface area contributed by atoms with Crippen LogP contribution in [-0.4, -0.2) is 22.4 Å². The molecule has 20 heavy (non-hydrogen) atoms. The van der Waals surface area contributed by atoms with Crippen LogP contribution in [0.3, 0.4) is 0 Å². The molecule has 1 aromatic rings. The lowest BCUT2D eigenvalue weighted by molar-refractivity contribution is 0.0521. The summed E-state index contributed by atoms with van der Waals surface area (Å²) < 4.78 is 7.93. The molecule has 3 heteroatoms. The molecule has 1 aromatic carbocycles. The molecule has 0 radical (unpaired) electrons. The molecule has 0 amide bonds. The summed E-state index contributed by atoms with van der Waals surface area (Å²) in [5.41, 5.74) is 6.15. The minimum atomic E-state index is -1.65. The number of hydrogen-bond acceptors (Lipinski definition) is 3. The predicted octanol–water partition coefficient (Wildman–Crippen LogP) is 2.78. The summed E-state index contributed by atoms with van der Waals surface area (Å²) in [7, 11) is 0. The first-order chi connectivity index (χ1) is 9.95. The number of rotatable bonds is 5. The number of nitrogens with two attached hydrogens (primary N) is 1. The van der Waals surface area contributed by atoms with Gasteiger partial charge in [0.1, 0.15) is 0 Å². The Bertz CT molecular complexity index is 493. The van der Waals surface area contributed by atoms with Gasteiger partial charge in [0.15, 0.2) is 0 Å². The molecular weight excluding hydrogens is 250 g/mol. The molecule has 0 heterocycles. The molecule has 0 aromatic heterocycles. The zero-order valence-electron chi connectivity index (χ0n) is 12.9. The summed E-state index contributed by atoms with van der Waals surface area (Å²) in [6.07, 6.45) is 7.21. The van der Waals surface area contributed by atoms with Crippen molar-refractivity contribution < 1.29 is 11.6 Å². The third-order valence-electron chi connectivity index (χ3n) is 3.91. The maximum Gasteiger partial charge on any atom is 0.0830 e. The van der Waals surface area contributed by atoms with Gasteiger partial charge in [0.05, 0.1) is 13.1 Å². The van der Waals surface area contributed by atoms with Crippen LogP contribution in [0.2, 0.25) is 0 Å². The van der Waals surface area contributed by atoms with Crippen LogP contribution >= 0.6 is 0 Å². The monoisotopic (exact) mass is 276 g/mol. The van der Waals surface area contributed by atoms with Crippen LogP contribution in [0.1, 0.15) is 57.1 Å². The zero-order valence-corrected chi connectivity index (χ0v) is 11.9. The van der Waals surface area contributed by atoms with Gasteiger partial charge in [0.25, 0.3) is 0 Å². The van der Waals surface area contributed by atoms with E-state index in [4.69, 9.17) is 7.10 Å². The predicted molar refractivity (Wildman–Crippen MR) is 82.1 cm³/mol. The third-order valence-corrected chi connectivity index (χ3v) is 3.91. The van der Waals surface area contributed by atoms with Crippen molar-refractivity contribution >= 4 is 6.08 Å². The Hall–Kier alpha value is -1.16. The van der Waals surface area contributed by atoms with E-state index in [0.717, 1.165) is 31.2 Å². The van der Waals surface area contributed by atoms with Gasteiger partial charge in [-0.1, -0.05) is 49.6 Å². The standard InChI is InChI=1S/C17H25NO2/c18-12-8-16(19)15-6-4-5-14(13-15)7-11-17(20)9-2-1-3-10-17/h4-7,11,13,16,19-20H,1-3,8-10,12,18H2/b11-7+/i16D. The minimum absolute atomic E-state index is 0.199. The first-order valence-electron chi connectivity index (χ1n) is 7.90. The van der Waals surface area contributed by atoms with Gasteiger partial charge in [0.2, 0.25) is 0 Å². The highest BCUT2D eigenvalue weighted by Crippen LogP contribution is 2.30. The Kier molecular flexibility index (Phi) is 4.85. The lowest BCUT2D eigenvalue weighted by atomic mass is 9.84. The molecular formula is C17H25NO2. The van der Waals surface area contributed by atoms with E-state index in [9.17, 15) is 10.2 Å². The molecule has 0 aliphatic heterocycles. The van der Waals surface area contributed by atoms with E-state index in [1.807, 2.05) is 24.3 Å². The summed E-state index contributed by atoms with van der Waals surface area (Å²) in [4.78, 5) is 0. The third kappa shape index (κ3) is 4.17. The largest absolute Gasteiger partial charge is 0.388 e. The van der Waals surface area contributed by atoms with Crippen LogP contribution in [0.4, 0.5) is 0 Å². The molecule has 0 saturated heterocycles. The van der Waals surface area contributed by atoms with E-state index in [-0.39, 0.29) is 13.0 Å². The molecule has 2 rings (SSSR count). The Morgan fingerprint density at radius 1 is 1.35 bits per heavy atom. The first kappa shape index (κ1) is 13.8. The number of hydrogen-bond donors (Lipinski definition) is 3. The molecule has 1 unspecified atom stereocenters. The quantitative estimate of drug-likeness (QED) is 0.774. The van der Waals surface area contributed by atoms with Gasteiger partial charge < -0.3 is 15.9 Å². The lowest BCUT2D eigenvalue weighted by Crippen LogP contribution is -2.28. The molecule has 0 bridgehead atoms. The Morgan fingerprint density at radius 2 is 2.10 bits per heavy atom. The fourth-order valence-electron chi connectivity index (χ4n) is 2.68. The fourth-order valence-corrected chi connectivity index (χ4v) is 2.68. The first-order valence-corrected chi connectivity index (χ1v) is 7.40. The van der Waals surface area contributed by atoms with Crippen LogP contribution in [0.5, 0.6) is 0 Å². The van der Waals surface area contributed by atoms with Crippen LogP contribution < -0.4 is 5.73 Å². The lowest BCUT2D eigenvalue weighted by Gasteiger charge is -2.28. The Morgan fingerprint density at radius 3 is 2.80 bits per heavy atom. The minimum Gasteiger partial charge on any atom is -0.388 e. The van der Waals surface area contributed by atoms with Gasteiger partial charge in [-0.3, -0.25) is 0 Å². The smallest absolute Gasteiger partial charge is 0.0830 e. The SMILES string of the molecule is [2H]C(O)(CCN)c1cccc(/C=C/C2(O)CCCCC2)c1. The van der Waals surface area contributed by atoms with E-state index >= 15 is 0 Å². The molecule has 1 aliphatic rings. The van der Waals surface area contributed by atoms with Crippen LogP contribution in [0.15, 0.2) is 30.3 Å². The summed E-state index contributed by atoms with van der Waals surface area (Å²) in [6, 6.07) is 7.24. The van der Waals surface area contributed by atoms with Crippen molar-refractivity contribution in [2.75, 3.05) is 6.54 Å². The molecule has 110 valence electrons. The van der Waals surface area contributed by atoms with Gasteiger partial charge in [0, 0.05) is 0 Å². The van der Waals surface area contributed by atoms with Crippen molar-refractivity contribution in [3.8, 4) is 0 Å². The number of aliphatic hydroxyl groups is 2. The average Bonchev–Trinajstić information content (AvgIpc) is 2.46. The highest BCUT2D eigenvalue weighted by molar-refractivity contribution is 5.52. The summed E-state index contributed by atoms with van der Waals surface area (Å²) in [5, 5.41) is 20.5. The van der Waals surface area contributed by atoms with E-state index in [1.54, 1.807) is 12.1 Å². The van der Waals surface area contributed by atoms with Gasteiger partial charge >= 0.3 is 0 Å². The molecule has 4 N–H and O–H groups in total. The summed E-state index contributed by atoms with van der Waals surface area (Å²) in [5.74, 6) is 0. The second-order valence-corrected chi connectivity index (χ2v) is 5.61. The van der Waals surface area contributed by atoms with E-state index < -0.39 is 11.7 Å². The topological polar surface area (TPSA) is 66.5 Å².